The van der Waals surface area contributed by atoms with Gasteiger partial charge in [-0.1, -0.05) is 18.2 Å². The second-order valence-corrected chi connectivity index (χ2v) is 8.25. The highest BCUT2D eigenvalue weighted by atomic mass is 32.2. The molecular weight excluding hydrogens is 361 g/mol. The lowest BCUT2D eigenvalue weighted by Gasteiger charge is -2.22. The third-order valence-corrected chi connectivity index (χ3v) is 5.00. The van der Waals surface area contributed by atoms with E-state index in [1.165, 1.54) is 18.3 Å². The number of carbonyl (C=O) groups excluding carboxylic acids is 1. The molecule has 0 unspecified atom stereocenters. The molecule has 8 heteroatoms. The van der Waals surface area contributed by atoms with Gasteiger partial charge in [0, 0.05) is 18.0 Å². The van der Waals surface area contributed by atoms with Gasteiger partial charge < -0.3 is 9.47 Å². The predicted molar refractivity (Wildman–Crippen MR) is 91.5 cm³/mol. The van der Waals surface area contributed by atoms with Crippen molar-refractivity contribution in [3.63, 3.8) is 0 Å². The minimum atomic E-state index is -3.59. The van der Waals surface area contributed by atoms with E-state index >= 15 is 0 Å². The number of carbonyl (C=O) groups is 1. The first kappa shape index (κ1) is 18.1. The zero-order valence-corrected chi connectivity index (χ0v) is 15.1. The maximum atomic E-state index is 13.9. The van der Waals surface area contributed by atoms with Gasteiger partial charge >= 0.3 is 5.97 Å². The van der Waals surface area contributed by atoms with Crippen molar-refractivity contribution in [1.82, 2.24) is 4.98 Å². The Morgan fingerprint density at radius 2 is 1.85 bits per heavy atom. The Morgan fingerprint density at radius 3 is 2.50 bits per heavy atom. The van der Waals surface area contributed by atoms with Gasteiger partial charge in [0.1, 0.15) is 5.60 Å². The van der Waals surface area contributed by atoms with Crippen LogP contribution in [0.25, 0.3) is 5.57 Å². The van der Waals surface area contributed by atoms with Gasteiger partial charge in [0.15, 0.2) is 15.7 Å². The van der Waals surface area contributed by atoms with Crippen molar-refractivity contribution in [3.8, 4) is 5.88 Å². The van der Waals surface area contributed by atoms with E-state index < -0.39 is 33.1 Å². The van der Waals surface area contributed by atoms with Crippen LogP contribution < -0.4 is 4.74 Å². The fourth-order valence-electron chi connectivity index (χ4n) is 2.78. The molecule has 0 bridgehead atoms. The summed E-state index contributed by atoms with van der Waals surface area (Å²) in [6, 6.07) is 8.70. The highest BCUT2D eigenvalue weighted by Gasteiger charge is 2.44. The third kappa shape index (κ3) is 3.20. The lowest BCUT2D eigenvalue weighted by molar-refractivity contribution is -0.145. The zero-order chi connectivity index (χ0) is 19.1. The Balaban J connectivity index is 2.25. The molecule has 0 N–H and O–H groups in total. The number of cyclic esters (lactones) is 1. The van der Waals surface area contributed by atoms with E-state index in [0.717, 1.165) is 12.3 Å². The van der Waals surface area contributed by atoms with E-state index in [2.05, 4.69) is 4.98 Å². The minimum Gasteiger partial charge on any atom is -0.449 e. The first-order valence-electron chi connectivity index (χ1n) is 7.67. The number of benzene rings is 1. The number of hydrogen-bond donors (Lipinski definition) is 0. The van der Waals surface area contributed by atoms with Crippen molar-refractivity contribution in [1.29, 1.82) is 0 Å². The molecule has 1 aromatic carbocycles. The zero-order valence-electron chi connectivity index (χ0n) is 14.3. The lowest BCUT2D eigenvalue weighted by atomic mass is 9.91. The standard InChI is InChI=1S/C18H16FNO5S/c1-18(2)14(11-7-4-5-9-13(11)26(3,22)23)15(17(21)25-18)24-16-12(19)8-6-10-20-16/h4-10H,1-3H3. The van der Waals surface area contributed by atoms with Crippen LogP contribution in [-0.4, -0.2) is 31.2 Å². The van der Waals surface area contributed by atoms with Gasteiger partial charge in [0.05, 0.1) is 10.5 Å². The number of hydrogen-bond acceptors (Lipinski definition) is 6. The summed E-state index contributed by atoms with van der Waals surface area (Å²) in [6.45, 7) is 3.20. The van der Waals surface area contributed by atoms with Crippen molar-refractivity contribution in [2.75, 3.05) is 6.26 Å². The van der Waals surface area contributed by atoms with Crippen molar-refractivity contribution >= 4 is 21.4 Å². The highest BCUT2D eigenvalue weighted by molar-refractivity contribution is 7.90. The Kier molecular flexibility index (Phi) is 4.31. The second kappa shape index (κ2) is 6.21. The number of aromatic nitrogens is 1. The number of sulfone groups is 1. The van der Waals surface area contributed by atoms with Gasteiger partial charge in [-0.3, -0.25) is 0 Å². The Labute approximate surface area is 150 Å². The van der Waals surface area contributed by atoms with Crippen LogP contribution in [0.4, 0.5) is 4.39 Å². The predicted octanol–water partition coefficient (Wildman–Crippen LogP) is 2.75. The van der Waals surface area contributed by atoms with E-state index in [1.54, 1.807) is 32.0 Å². The van der Waals surface area contributed by atoms with Gasteiger partial charge in [-0.05, 0) is 32.0 Å². The summed E-state index contributed by atoms with van der Waals surface area (Å²) in [5, 5.41) is 0. The molecule has 6 nitrogen and oxygen atoms in total. The first-order valence-corrected chi connectivity index (χ1v) is 9.56. The van der Waals surface area contributed by atoms with E-state index in [0.29, 0.717) is 0 Å². The summed E-state index contributed by atoms with van der Waals surface area (Å²) in [4.78, 5) is 16.1. The van der Waals surface area contributed by atoms with E-state index in [1.807, 2.05) is 0 Å². The van der Waals surface area contributed by atoms with Crippen LogP contribution in [0.5, 0.6) is 5.88 Å². The summed E-state index contributed by atoms with van der Waals surface area (Å²) in [5.74, 6) is -2.26. The first-order chi connectivity index (χ1) is 12.1. The molecule has 3 rings (SSSR count). The number of esters is 1. The number of pyridine rings is 1. The number of rotatable bonds is 4. The minimum absolute atomic E-state index is 0.0176. The molecule has 0 aliphatic carbocycles. The van der Waals surface area contributed by atoms with Crippen molar-refractivity contribution in [3.05, 3.63) is 59.7 Å². The average molecular weight is 377 g/mol. The molecule has 1 aromatic heterocycles. The molecular formula is C18H16FNO5S. The fraction of sp³-hybridized carbons (Fsp3) is 0.222. The lowest BCUT2D eigenvalue weighted by Crippen LogP contribution is -2.23. The molecule has 0 atom stereocenters. The normalized spacial score (nSPS) is 16.5. The molecule has 0 saturated heterocycles. The van der Waals surface area contributed by atoms with Crippen LogP contribution in [0, 0.1) is 5.82 Å². The molecule has 0 fully saturated rings. The van der Waals surface area contributed by atoms with Crippen LogP contribution >= 0.6 is 0 Å². The van der Waals surface area contributed by atoms with E-state index in [4.69, 9.17) is 9.47 Å². The van der Waals surface area contributed by atoms with Crippen molar-refractivity contribution in [2.24, 2.45) is 0 Å². The topological polar surface area (TPSA) is 82.6 Å². The molecule has 2 aromatic rings. The smallest absolute Gasteiger partial charge is 0.375 e. The molecule has 1 aliphatic heterocycles. The highest BCUT2D eigenvalue weighted by Crippen LogP contribution is 2.42. The van der Waals surface area contributed by atoms with Gasteiger partial charge in [0.2, 0.25) is 5.76 Å². The molecule has 0 amide bonds. The van der Waals surface area contributed by atoms with E-state index in [9.17, 15) is 17.6 Å². The van der Waals surface area contributed by atoms with Crippen molar-refractivity contribution in [2.45, 2.75) is 24.3 Å². The van der Waals surface area contributed by atoms with Gasteiger partial charge in [-0.25, -0.2) is 22.6 Å². The third-order valence-electron chi connectivity index (χ3n) is 3.84. The summed E-state index contributed by atoms with van der Waals surface area (Å²) in [5.41, 5.74) is -0.691. The maximum Gasteiger partial charge on any atom is 0.375 e. The Bertz CT molecular complexity index is 1030. The second-order valence-electron chi connectivity index (χ2n) is 6.26. The quantitative estimate of drug-likeness (QED) is 0.762. The molecule has 2 heterocycles. The maximum absolute atomic E-state index is 13.9. The molecule has 1 aliphatic rings. The molecule has 0 spiro atoms. The fourth-order valence-corrected chi connectivity index (χ4v) is 3.68. The van der Waals surface area contributed by atoms with Crippen LogP contribution in [0.1, 0.15) is 19.4 Å². The van der Waals surface area contributed by atoms with Crippen molar-refractivity contribution < 1.29 is 27.1 Å². The van der Waals surface area contributed by atoms with Gasteiger partial charge in [-0.2, -0.15) is 0 Å². The number of halogens is 1. The molecule has 26 heavy (non-hydrogen) atoms. The Hall–Kier alpha value is -2.74. The molecule has 0 saturated carbocycles. The summed E-state index contributed by atoms with van der Waals surface area (Å²) in [6.07, 6.45) is 2.38. The van der Waals surface area contributed by atoms with Crippen LogP contribution in [0.3, 0.4) is 0 Å². The van der Waals surface area contributed by atoms with Crippen LogP contribution in [0.15, 0.2) is 53.2 Å². The SMILES string of the molecule is CC1(C)OC(=O)C(Oc2ncccc2F)=C1c1ccccc1S(C)(=O)=O. The average Bonchev–Trinajstić information content (AvgIpc) is 2.77. The molecule has 136 valence electrons. The van der Waals surface area contributed by atoms with Crippen LogP contribution in [-0.2, 0) is 19.4 Å². The Morgan fingerprint density at radius 1 is 1.15 bits per heavy atom. The summed E-state index contributed by atoms with van der Waals surface area (Å²) >= 11 is 0. The summed E-state index contributed by atoms with van der Waals surface area (Å²) in [7, 11) is -3.59. The van der Waals surface area contributed by atoms with Crippen LogP contribution in [0.2, 0.25) is 0 Å². The monoisotopic (exact) mass is 377 g/mol. The number of ether oxygens (including phenoxy) is 2. The number of nitrogens with zero attached hydrogens (tertiary/aromatic N) is 1. The van der Waals surface area contributed by atoms with Gasteiger partial charge in [-0.15, -0.1) is 0 Å². The largest absolute Gasteiger partial charge is 0.449 e. The van der Waals surface area contributed by atoms with E-state index in [-0.39, 0.29) is 21.8 Å². The summed E-state index contributed by atoms with van der Waals surface area (Å²) < 4.78 is 49.0. The van der Waals surface area contributed by atoms with Gasteiger partial charge in [0.25, 0.3) is 5.88 Å². The molecule has 0 radical (unpaired) electrons.